The van der Waals surface area contributed by atoms with Gasteiger partial charge in [0, 0.05) is 48.2 Å². The first-order valence-electron chi connectivity index (χ1n) is 15.3. The predicted octanol–water partition coefficient (Wildman–Crippen LogP) is 12.9. The Balaban J connectivity index is 1.46. The van der Waals surface area contributed by atoms with Crippen LogP contribution in [0, 0.1) is 13.8 Å². The molecule has 8 aromatic carbocycles. The second-order valence-electron chi connectivity index (χ2n) is 11.7. The molecule has 2 nitrogen and oxygen atoms in total. The number of hydrogen-bond acceptors (Lipinski definition) is 2. The molecule has 0 unspecified atom stereocenters. The highest BCUT2D eigenvalue weighted by Crippen LogP contribution is 2.49. The number of benzene rings is 8. The average molecular weight is 644 g/mol. The van der Waals surface area contributed by atoms with Crippen LogP contribution in [0.5, 0.6) is 0 Å². The highest BCUT2D eigenvalue weighted by molar-refractivity contribution is 9.10. The molecule has 0 amide bonds. The zero-order chi connectivity index (χ0) is 30.5. The molecule has 216 valence electrons. The van der Waals surface area contributed by atoms with E-state index in [0.29, 0.717) is 0 Å². The maximum absolute atomic E-state index is 3.93. The minimum Gasteiger partial charge on any atom is -0.354 e. The van der Waals surface area contributed by atoms with Gasteiger partial charge in [-0.1, -0.05) is 125 Å². The average Bonchev–Trinajstić information content (AvgIpc) is 3.09. The summed E-state index contributed by atoms with van der Waals surface area (Å²) in [7, 11) is 0. The van der Waals surface area contributed by atoms with Crippen LogP contribution >= 0.6 is 15.9 Å². The van der Waals surface area contributed by atoms with Gasteiger partial charge in [-0.25, -0.2) is 0 Å². The van der Waals surface area contributed by atoms with Crippen molar-refractivity contribution in [1.29, 1.82) is 0 Å². The first kappa shape index (κ1) is 27.4. The van der Waals surface area contributed by atoms with E-state index in [1.165, 1.54) is 54.2 Å². The van der Waals surface area contributed by atoms with E-state index in [0.717, 1.165) is 32.9 Å². The number of nitrogens with zero attached hydrogens (tertiary/aromatic N) is 1. The van der Waals surface area contributed by atoms with E-state index in [4.69, 9.17) is 0 Å². The Labute approximate surface area is 271 Å². The van der Waals surface area contributed by atoms with Crippen LogP contribution in [-0.2, 0) is 0 Å². The van der Waals surface area contributed by atoms with Crippen LogP contribution in [0.1, 0.15) is 11.1 Å². The van der Waals surface area contributed by atoms with Crippen LogP contribution in [0.25, 0.3) is 43.1 Å². The Kier molecular flexibility index (Phi) is 6.77. The van der Waals surface area contributed by atoms with Crippen LogP contribution in [0.2, 0.25) is 0 Å². The molecule has 0 aliphatic rings. The molecule has 0 heterocycles. The van der Waals surface area contributed by atoms with Gasteiger partial charge in [0.15, 0.2) is 0 Å². The van der Waals surface area contributed by atoms with Crippen molar-refractivity contribution in [2.24, 2.45) is 0 Å². The van der Waals surface area contributed by atoms with Crippen LogP contribution < -0.4 is 10.2 Å². The van der Waals surface area contributed by atoms with Crippen molar-refractivity contribution in [1.82, 2.24) is 0 Å². The van der Waals surface area contributed by atoms with Gasteiger partial charge in [-0.3, -0.25) is 0 Å². The Morgan fingerprint density at radius 3 is 1.51 bits per heavy atom. The maximum atomic E-state index is 3.93. The van der Waals surface area contributed by atoms with Crippen LogP contribution in [-0.4, -0.2) is 0 Å². The van der Waals surface area contributed by atoms with Gasteiger partial charge in [0.2, 0.25) is 0 Å². The molecular formula is C42H31BrN2. The standard InChI is InChI=1S/C42H31BrN2/c1-27-19-25-39(33-13-5-3-11-31(27)33)44-41-35-15-7-9-17-37(35)42(38-18-10-8-16-36(38)41)45(30-23-21-29(43)22-24-30)40-26-20-28(2)32-12-4-6-14-34(32)40/h3-26,44H,1-2H3. The Morgan fingerprint density at radius 2 is 0.911 bits per heavy atom. The highest BCUT2D eigenvalue weighted by Gasteiger charge is 2.23. The van der Waals surface area contributed by atoms with Crippen molar-refractivity contribution >= 4 is 87.5 Å². The fourth-order valence-corrected chi connectivity index (χ4v) is 7.05. The third kappa shape index (κ3) is 4.63. The largest absolute Gasteiger partial charge is 0.354 e. The first-order chi connectivity index (χ1) is 22.1. The summed E-state index contributed by atoms with van der Waals surface area (Å²) in [6.07, 6.45) is 0. The van der Waals surface area contributed by atoms with Crippen molar-refractivity contribution in [2.45, 2.75) is 13.8 Å². The van der Waals surface area contributed by atoms with Gasteiger partial charge in [0.05, 0.1) is 17.1 Å². The second kappa shape index (κ2) is 11.1. The van der Waals surface area contributed by atoms with E-state index in [1.54, 1.807) is 0 Å². The topological polar surface area (TPSA) is 15.3 Å². The van der Waals surface area contributed by atoms with Crippen molar-refractivity contribution in [2.75, 3.05) is 10.2 Å². The molecule has 3 heteroatoms. The molecule has 8 aromatic rings. The summed E-state index contributed by atoms with van der Waals surface area (Å²) in [4.78, 5) is 2.45. The second-order valence-corrected chi connectivity index (χ2v) is 12.6. The van der Waals surface area contributed by atoms with Gasteiger partial charge in [0.1, 0.15) is 0 Å². The molecule has 0 radical (unpaired) electrons. The van der Waals surface area contributed by atoms with E-state index in [9.17, 15) is 0 Å². The smallest absolute Gasteiger partial charge is 0.0620 e. The van der Waals surface area contributed by atoms with Gasteiger partial charge in [-0.15, -0.1) is 0 Å². The van der Waals surface area contributed by atoms with Gasteiger partial charge in [0.25, 0.3) is 0 Å². The van der Waals surface area contributed by atoms with Crippen LogP contribution in [0.3, 0.4) is 0 Å². The summed E-state index contributed by atoms with van der Waals surface area (Å²) in [6, 6.07) is 52.6. The monoisotopic (exact) mass is 642 g/mol. The van der Waals surface area contributed by atoms with Gasteiger partial charge >= 0.3 is 0 Å². The third-order valence-electron chi connectivity index (χ3n) is 8.97. The van der Waals surface area contributed by atoms with Crippen molar-refractivity contribution in [3.63, 3.8) is 0 Å². The molecule has 0 bridgehead atoms. The number of anilines is 5. The van der Waals surface area contributed by atoms with E-state index in [2.05, 4.69) is 186 Å². The highest BCUT2D eigenvalue weighted by atomic mass is 79.9. The molecular weight excluding hydrogens is 612 g/mol. The molecule has 8 rings (SSSR count). The molecule has 0 aliphatic carbocycles. The lowest BCUT2D eigenvalue weighted by molar-refractivity contribution is 1.32. The maximum Gasteiger partial charge on any atom is 0.0620 e. The fourth-order valence-electron chi connectivity index (χ4n) is 6.78. The van der Waals surface area contributed by atoms with E-state index in [-0.39, 0.29) is 0 Å². The molecule has 0 spiro atoms. The zero-order valence-corrected chi connectivity index (χ0v) is 26.8. The number of nitrogens with one attached hydrogen (secondary N) is 1. The number of aryl methyl sites for hydroxylation is 2. The van der Waals surface area contributed by atoms with E-state index >= 15 is 0 Å². The molecule has 0 fully saturated rings. The summed E-state index contributed by atoms with van der Waals surface area (Å²) in [5.41, 5.74) is 8.18. The zero-order valence-electron chi connectivity index (χ0n) is 25.2. The molecule has 0 saturated carbocycles. The van der Waals surface area contributed by atoms with Gasteiger partial charge in [-0.05, 0) is 72.1 Å². The number of fused-ring (bicyclic) bond motifs is 4. The van der Waals surface area contributed by atoms with Crippen LogP contribution in [0.15, 0.2) is 150 Å². The quantitative estimate of drug-likeness (QED) is 0.148. The SMILES string of the molecule is Cc1ccc(Nc2c3ccccc3c(N(c3ccc(Br)cc3)c3ccc(C)c4ccccc34)c3ccccc23)c2ccccc12. The summed E-state index contributed by atoms with van der Waals surface area (Å²) in [6.45, 7) is 4.37. The third-order valence-corrected chi connectivity index (χ3v) is 9.50. The number of hydrogen-bond donors (Lipinski definition) is 1. The summed E-state index contributed by atoms with van der Waals surface area (Å²) >= 11 is 3.67. The lowest BCUT2D eigenvalue weighted by atomic mass is 9.95. The van der Waals surface area contributed by atoms with E-state index in [1.807, 2.05) is 0 Å². The number of rotatable bonds is 5. The molecule has 0 saturated heterocycles. The minimum absolute atomic E-state index is 1.06. The minimum atomic E-state index is 1.06. The Hall–Kier alpha value is -5.12. The Morgan fingerprint density at radius 1 is 0.444 bits per heavy atom. The molecule has 0 aliphatic heterocycles. The summed E-state index contributed by atoms with van der Waals surface area (Å²) in [5.74, 6) is 0. The van der Waals surface area contributed by atoms with Crippen molar-refractivity contribution < 1.29 is 0 Å². The van der Waals surface area contributed by atoms with Gasteiger partial charge < -0.3 is 10.2 Å². The molecule has 1 N–H and O–H groups in total. The Bertz CT molecular complexity index is 2330. The first-order valence-corrected chi connectivity index (χ1v) is 16.1. The van der Waals surface area contributed by atoms with Crippen molar-refractivity contribution in [3.8, 4) is 0 Å². The lowest BCUT2D eigenvalue weighted by Crippen LogP contribution is -2.12. The van der Waals surface area contributed by atoms with Gasteiger partial charge in [-0.2, -0.15) is 0 Å². The molecule has 45 heavy (non-hydrogen) atoms. The molecule has 0 aromatic heterocycles. The van der Waals surface area contributed by atoms with Crippen LogP contribution in [0.4, 0.5) is 28.4 Å². The lowest BCUT2D eigenvalue weighted by Gasteiger charge is -2.31. The van der Waals surface area contributed by atoms with Crippen molar-refractivity contribution in [3.05, 3.63) is 161 Å². The van der Waals surface area contributed by atoms with E-state index < -0.39 is 0 Å². The summed E-state index contributed by atoms with van der Waals surface area (Å²) in [5, 5.41) is 13.6. The summed E-state index contributed by atoms with van der Waals surface area (Å²) < 4.78 is 1.06. The predicted molar refractivity (Wildman–Crippen MR) is 198 cm³/mol. The number of halogens is 1. The fraction of sp³-hybridized carbons (Fsp3) is 0.0476. The normalized spacial score (nSPS) is 11.4. The molecule has 0 atom stereocenters.